The molecule has 2 amide bonds. The lowest BCUT2D eigenvalue weighted by atomic mass is 10.0. The van der Waals surface area contributed by atoms with Crippen molar-refractivity contribution in [2.45, 2.75) is 67.9 Å². The van der Waals surface area contributed by atoms with E-state index >= 15 is 0 Å². The lowest BCUT2D eigenvalue weighted by Gasteiger charge is -2.24. The van der Waals surface area contributed by atoms with Gasteiger partial charge in [0.15, 0.2) is 9.92 Å². The normalized spacial score (nSPS) is 22.6. The van der Waals surface area contributed by atoms with Crippen LogP contribution >= 0.6 is 0 Å². The Kier molecular flexibility index (Phi) is 4.95. The highest BCUT2D eigenvalue weighted by atomic mass is 32.2. The Morgan fingerprint density at radius 3 is 3.03 bits per heavy atom. The summed E-state index contributed by atoms with van der Waals surface area (Å²) < 4.78 is 29.8. The second-order valence-corrected chi connectivity index (χ2v) is 11.2. The zero-order valence-corrected chi connectivity index (χ0v) is 19.5. The number of hydrogen-bond acceptors (Lipinski definition) is 6. The highest BCUT2D eigenvalue weighted by molar-refractivity contribution is 7.91. The van der Waals surface area contributed by atoms with E-state index in [0.29, 0.717) is 6.54 Å². The van der Waals surface area contributed by atoms with Crippen LogP contribution in [0.15, 0.2) is 15.5 Å². The van der Waals surface area contributed by atoms with Crippen molar-refractivity contribution in [1.29, 1.82) is 0 Å². The largest absolute Gasteiger partial charge is 0.474 e. The number of pyridine rings is 1. The van der Waals surface area contributed by atoms with Crippen LogP contribution in [0.4, 0.5) is 10.5 Å². The Bertz CT molecular complexity index is 1360. The van der Waals surface area contributed by atoms with Crippen molar-refractivity contribution in [3.05, 3.63) is 28.7 Å². The van der Waals surface area contributed by atoms with Crippen LogP contribution < -0.4 is 15.2 Å². The molecule has 10 nitrogen and oxygen atoms in total. The number of hydrogen-bond donors (Lipinski definition) is 2. The van der Waals surface area contributed by atoms with Crippen LogP contribution in [0.25, 0.3) is 0 Å². The van der Waals surface area contributed by atoms with Gasteiger partial charge in [0, 0.05) is 11.1 Å². The molecule has 34 heavy (non-hydrogen) atoms. The second kappa shape index (κ2) is 7.80. The maximum atomic E-state index is 13.3. The van der Waals surface area contributed by atoms with E-state index in [9.17, 15) is 9.00 Å². The third-order valence-electron chi connectivity index (χ3n) is 7.24. The van der Waals surface area contributed by atoms with Crippen LogP contribution in [0.2, 0.25) is 0 Å². The Balaban J connectivity index is 1.28. The van der Waals surface area contributed by atoms with E-state index in [1.165, 1.54) is 10.9 Å². The Hall–Kier alpha value is -2.94. The number of anilines is 1. The summed E-state index contributed by atoms with van der Waals surface area (Å²) in [6, 6.07) is -0.738. The fraction of sp³-hybridized carbons (Fsp3) is 0.522. The minimum atomic E-state index is -3.58. The molecule has 2 aromatic rings. The molecule has 0 aromatic carbocycles. The quantitative estimate of drug-likeness (QED) is 0.641. The van der Waals surface area contributed by atoms with Crippen LogP contribution in [0.5, 0.6) is 5.88 Å². The first kappa shape index (κ1) is 21.6. The molecule has 11 heteroatoms. The molecule has 3 N–H and O–H groups in total. The van der Waals surface area contributed by atoms with Gasteiger partial charge in [-0.3, -0.25) is 4.98 Å². The molecule has 3 heterocycles. The van der Waals surface area contributed by atoms with Crippen LogP contribution in [0, 0.1) is 12.3 Å². The number of nitrogens with two attached hydrogens (primary N) is 1. The maximum absolute atomic E-state index is 13.3. The van der Waals surface area contributed by atoms with E-state index in [1.807, 2.05) is 0 Å². The van der Waals surface area contributed by atoms with E-state index in [2.05, 4.69) is 20.7 Å². The summed E-state index contributed by atoms with van der Waals surface area (Å²) in [7, 11) is -3.58. The van der Waals surface area contributed by atoms with Gasteiger partial charge in [0.2, 0.25) is 5.88 Å². The van der Waals surface area contributed by atoms with Gasteiger partial charge in [-0.15, -0.1) is 10.8 Å². The van der Waals surface area contributed by atoms with Crippen LogP contribution in [0.3, 0.4) is 0 Å². The minimum absolute atomic E-state index is 0.0835. The van der Waals surface area contributed by atoms with Gasteiger partial charge in [0.25, 0.3) is 0 Å². The van der Waals surface area contributed by atoms with Crippen LogP contribution in [-0.2, 0) is 45.9 Å². The molecule has 0 saturated heterocycles. The summed E-state index contributed by atoms with van der Waals surface area (Å²) in [6.45, 7) is 0.735. The summed E-state index contributed by atoms with van der Waals surface area (Å²) in [5, 5.41) is 13.2. The number of carbonyl (C=O) groups is 1. The molecule has 1 spiro atoms. The monoisotopic (exact) mass is 482 g/mol. The Morgan fingerprint density at radius 1 is 1.38 bits per heavy atom. The molecule has 178 valence electrons. The molecule has 2 atom stereocenters. The Labute approximate surface area is 197 Å². The van der Waals surface area contributed by atoms with E-state index in [4.69, 9.17) is 26.0 Å². The van der Waals surface area contributed by atoms with Gasteiger partial charge in [-0.05, 0) is 56.1 Å². The molecule has 6 rings (SSSR count). The second-order valence-electron chi connectivity index (χ2n) is 9.41. The highest BCUT2D eigenvalue weighted by Gasteiger charge is 2.51. The fourth-order valence-corrected chi connectivity index (χ4v) is 6.40. The minimum Gasteiger partial charge on any atom is -0.474 e. The fourth-order valence-electron chi connectivity index (χ4n) is 5.40. The number of carbonyl (C=O) groups excluding carboxylic acids is 1. The first-order valence-corrected chi connectivity index (χ1v) is 13.1. The summed E-state index contributed by atoms with van der Waals surface area (Å²) in [5.41, 5.74) is 5.38. The highest BCUT2D eigenvalue weighted by Crippen LogP contribution is 2.58. The third-order valence-corrected chi connectivity index (χ3v) is 8.59. The van der Waals surface area contributed by atoms with Crippen LogP contribution in [-0.4, -0.2) is 44.3 Å². The van der Waals surface area contributed by atoms with Crippen molar-refractivity contribution in [3.8, 4) is 18.2 Å². The van der Waals surface area contributed by atoms with Crippen LogP contribution in [0.1, 0.15) is 48.2 Å². The molecular weight excluding hydrogens is 456 g/mol. The molecule has 1 fully saturated rings. The van der Waals surface area contributed by atoms with Crippen molar-refractivity contribution >= 4 is 21.6 Å². The van der Waals surface area contributed by atoms with Gasteiger partial charge in [-0.2, -0.15) is 5.10 Å². The molecule has 2 aromatic heterocycles. The molecule has 4 aliphatic rings. The van der Waals surface area contributed by atoms with E-state index in [1.54, 1.807) is 0 Å². The van der Waals surface area contributed by atoms with Crippen molar-refractivity contribution in [2.24, 2.45) is 9.50 Å². The average Bonchev–Trinajstić information content (AvgIpc) is 3.13. The molecule has 0 bridgehead atoms. The van der Waals surface area contributed by atoms with Gasteiger partial charge in [-0.25, -0.2) is 18.8 Å². The van der Waals surface area contributed by atoms with Gasteiger partial charge in [0.05, 0.1) is 24.1 Å². The maximum Gasteiger partial charge on any atom is 0.354 e. The molecule has 0 radical (unpaired) electrons. The topological polar surface area (TPSA) is 134 Å². The number of urea groups is 1. The summed E-state index contributed by atoms with van der Waals surface area (Å²) in [6.07, 6.45) is 13.3. The Morgan fingerprint density at radius 2 is 2.24 bits per heavy atom. The molecule has 2 unspecified atom stereocenters. The van der Waals surface area contributed by atoms with Crippen molar-refractivity contribution in [3.63, 3.8) is 0 Å². The smallest absolute Gasteiger partial charge is 0.354 e. The number of nitrogens with one attached hydrogen (secondary N) is 1. The first-order chi connectivity index (χ1) is 16.4. The lowest BCUT2D eigenvalue weighted by molar-refractivity contribution is 0.00163. The molecule has 3 aliphatic carbocycles. The number of rotatable bonds is 4. The zero-order valence-electron chi connectivity index (χ0n) is 18.7. The average molecular weight is 483 g/mol. The molecule has 1 aliphatic heterocycles. The lowest BCUT2D eigenvalue weighted by Crippen LogP contribution is -2.33. The number of nitrogens with zero attached hydrogens (tertiary/aromatic N) is 4. The number of fused-ring (bicyclic) bond motifs is 4. The van der Waals surface area contributed by atoms with E-state index < -0.39 is 15.9 Å². The summed E-state index contributed by atoms with van der Waals surface area (Å²) in [5.74, 6) is 2.64. The van der Waals surface area contributed by atoms with Crippen molar-refractivity contribution in [1.82, 2.24) is 14.8 Å². The number of amides is 2. The van der Waals surface area contributed by atoms with Crippen molar-refractivity contribution in [2.75, 3.05) is 18.5 Å². The van der Waals surface area contributed by atoms with Gasteiger partial charge in [0.1, 0.15) is 24.2 Å². The molecular formula is C23H26N6O4S. The predicted octanol–water partition coefficient (Wildman–Crippen LogP) is 2.09. The van der Waals surface area contributed by atoms with Gasteiger partial charge < -0.3 is 14.8 Å². The van der Waals surface area contributed by atoms with E-state index in [-0.39, 0.29) is 35.5 Å². The van der Waals surface area contributed by atoms with Gasteiger partial charge in [-0.1, -0.05) is 5.92 Å². The number of aromatic nitrogens is 3. The SMILES string of the molecule is C#CCOC1COc2c(S(N)(=O)=NC(=O)Nc3c4c(nc5c3CCC53CC3)CCC4)cnn2C1. The zero-order chi connectivity index (χ0) is 23.5. The van der Waals surface area contributed by atoms with E-state index in [0.717, 1.165) is 73.1 Å². The number of ether oxygens (including phenoxy) is 2. The predicted molar refractivity (Wildman–Crippen MR) is 124 cm³/mol. The first-order valence-electron chi connectivity index (χ1n) is 11.5. The standard InChI is InChI=1S/C23H26N6O4S/c1-2-10-32-14-12-29-21(33-13-14)18(11-25-29)34(24,31)28-22(30)27-19-15-4-3-5-17(15)26-20-16(19)6-7-23(20)8-9-23/h1,11,14H,3-10,12-13H2,(H3,24,26,27,28,30,31). The van der Waals surface area contributed by atoms with Gasteiger partial charge >= 0.3 is 6.03 Å². The summed E-state index contributed by atoms with van der Waals surface area (Å²) >= 11 is 0. The number of terminal acetylenes is 1. The third kappa shape index (κ3) is 3.48. The number of aryl methyl sites for hydroxylation is 1. The molecule has 1 saturated carbocycles. The summed E-state index contributed by atoms with van der Waals surface area (Å²) in [4.78, 5) is 18.1. The van der Waals surface area contributed by atoms with Crippen molar-refractivity contribution < 1.29 is 18.5 Å².